The van der Waals surface area contributed by atoms with Crippen LogP contribution >= 0.6 is 0 Å². The first-order chi connectivity index (χ1) is 11.6. The molecule has 3 aliphatic carbocycles. The van der Waals surface area contributed by atoms with Gasteiger partial charge in [0.1, 0.15) is 6.54 Å². The molecule has 126 valence electrons. The van der Waals surface area contributed by atoms with Crippen molar-refractivity contribution in [1.82, 2.24) is 5.32 Å². The second-order valence-electron chi connectivity index (χ2n) is 7.25. The molecule has 0 heterocycles. The van der Waals surface area contributed by atoms with Gasteiger partial charge in [-0.2, -0.15) is 0 Å². The standard InChI is InChI=1S/C19H22N2O3/c22-17(23)11-20-16-4-2-1-3-14(16)18(24)21-10-12-9-13-5-6-15(12)19(13)7-8-19/h1-6,12-13,15,20H,7-11H2,(H,21,24)(H,22,23)/t12-,13-,15-/m1/s1. The summed E-state index contributed by atoms with van der Waals surface area (Å²) in [6.45, 7) is 0.489. The van der Waals surface area contributed by atoms with Gasteiger partial charge in [0.15, 0.2) is 0 Å². The number of carbonyl (C=O) groups excluding carboxylic acids is 1. The normalized spacial score (nSPS) is 28.1. The van der Waals surface area contributed by atoms with Gasteiger partial charge < -0.3 is 15.7 Å². The quantitative estimate of drug-likeness (QED) is 0.702. The minimum atomic E-state index is -0.950. The maximum atomic E-state index is 12.5. The number of hydrogen-bond acceptors (Lipinski definition) is 3. The summed E-state index contributed by atoms with van der Waals surface area (Å²) in [7, 11) is 0. The predicted octanol–water partition coefficient (Wildman–Crippen LogP) is 2.52. The summed E-state index contributed by atoms with van der Waals surface area (Å²) in [5.41, 5.74) is 1.60. The van der Waals surface area contributed by atoms with Crippen LogP contribution in [0.15, 0.2) is 36.4 Å². The number of anilines is 1. The summed E-state index contributed by atoms with van der Waals surface area (Å²) in [5, 5.41) is 14.7. The Bertz CT molecular complexity index is 708. The SMILES string of the molecule is O=C(O)CNc1ccccc1C(=O)NC[C@H]1C[C@H]2C=C[C@H]1C21CC1. The first kappa shape index (κ1) is 15.2. The number of allylic oxidation sites excluding steroid dienone is 2. The van der Waals surface area contributed by atoms with E-state index in [1.54, 1.807) is 24.3 Å². The van der Waals surface area contributed by atoms with Gasteiger partial charge in [-0.15, -0.1) is 0 Å². The highest BCUT2D eigenvalue weighted by Crippen LogP contribution is 2.69. The number of carboxylic acids is 1. The van der Waals surface area contributed by atoms with Crippen LogP contribution in [0.25, 0.3) is 0 Å². The molecular formula is C19H22N2O3. The lowest BCUT2D eigenvalue weighted by atomic mass is 9.89. The van der Waals surface area contributed by atoms with Gasteiger partial charge in [-0.25, -0.2) is 0 Å². The molecule has 0 unspecified atom stereocenters. The number of rotatable bonds is 6. The van der Waals surface area contributed by atoms with Crippen molar-refractivity contribution in [1.29, 1.82) is 0 Å². The number of benzene rings is 1. The average molecular weight is 326 g/mol. The third-order valence-electron chi connectivity index (χ3n) is 5.97. The molecule has 1 amide bonds. The van der Waals surface area contributed by atoms with Crippen LogP contribution in [0.1, 0.15) is 29.6 Å². The van der Waals surface area contributed by atoms with E-state index >= 15 is 0 Å². The van der Waals surface area contributed by atoms with E-state index in [4.69, 9.17) is 5.11 Å². The van der Waals surface area contributed by atoms with Crippen LogP contribution in [0, 0.1) is 23.2 Å². The zero-order chi connectivity index (χ0) is 16.7. The molecule has 4 rings (SSSR count). The molecule has 24 heavy (non-hydrogen) atoms. The van der Waals surface area contributed by atoms with Crippen molar-refractivity contribution in [3.8, 4) is 0 Å². The first-order valence-corrected chi connectivity index (χ1v) is 8.61. The van der Waals surface area contributed by atoms with E-state index < -0.39 is 5.97 Å². The van der Waals surface area contributed by atoms with Gasteiger partial charge >= 0.3 is 5.97 Å². The summed E-state index contributed by atoms with van der Waals surface area (Å²) < 4.78 is 0. The molecule has 0 saturated heterocycles. The summed E-state index contributed by atoms with van der Waals surface area (Å²) in [6.07, 6.45) is 8.59. The van der Waals surface area contributed by atoms with Gasteiger partial charge in [0.2, 0.25) is 0 Å². The molecule has 2 fully saturated rings. The van der Waals surface area contributed by atoms with Crippen LogP contribution in [0.5, 0.6) is 0 Å². The Morgan fingerprint density at radius 2 is 2.00 bits per heavy atom. The predicted molar refractivity (Wildman–Crippen MR) is 90.8 cm³/mol. The van der Waals surface area contributed by atoms with E-state index in [9.17, 15) is 9.59 Å². The van der Waals surface area contributed by atoms with Crippen molar-refractivity contribution in [3.63, 3.8) is 0 Å². The smallest absolute Gasteiger partial charge is 0.322 e. The van der Waals surface area contributed by atoms with Crippen LogP contribution in [0.3, 0.4) is 0 Å². The summed E-state index contributed by atoms with van der Waals surface area (Å²) in [4.78, 5) is 23.3. The second-order valence-corrected chi connectivity index (χ2v) is 7.25. The molecule has 1 aromatic carbocycles. The average Bonchev–Trinajstić information content (AvgIpc) is 3.25. The molecule has 2 bridgehead atoms. The van der Waals surface area contributed by atoms with E-state index in [1.807, 2.05) is 0 Å². The summed E-state index contributed by atoms with van der Waals surface area (Å²) in [6, 6.07) is 7.04. The first-order valence-electron chi connectivity index (χ1n) is 8.61. The molecule has 3 aliphatic rings. The number of carboxylic acid groups (broad SMARTS) is 1. The number of hydrogen-bond donors (Lipinski definition) is 3. The fourth-order valence-corrected chi connectivity index (χ4v) is 4.68. The third-order valence-corrected chi connectivity index (χ3v) is 5.97. The molecule has 1 spiro atoms. The van der Waals surface area contributed by atoms with Crippen molar-refractivity contribution in [2.75, 3.05) is 18.4 Å². The number of amides is 1. The number of nitrogens with one attached hydrogen (secondary N) is 2. The summed E-state index contributed by atoms with van der Waals surface area (Å²) >= 11 is 0. The molecule has 0 aliphatic heterocycles. The minimum absolute atomic E-state index is 0.139. The topological polar surface area (TPSA) is 78.4 Å². The molecule has 1 aromatic rings. The van der Waals surface area contributed by atoms with Crippen LogP contribution in [0.2, 0.25) is 0 Å². The Morgan fingerprint density at radius 1 is 1.21 bits per heavy atom. The van der Waals surface area contributed by atoms with Gasteiger partial charge in [-0.1, -0.05) is 24.3 Å². The molecule has 3 N–H and O–H groups in total. The van der Waals surface area contributed by atoms with E-state index in [1.165, 1.54) is 19.3 Å². The lowest BCUT2D eigenvalue weighted by Gasteiger charge is -2.20. The van der Waals surface area contributed by atoms with Crippen molar-refractivity contribution < 1.29 is 14.7 Å². The number of aliphatic carboxylic acids is 1. The maximum absolute atomic E-state index is 12.5. The van der Waals surface area contributed by atoms with E-state index in [0.717, 1.165) is 0 Å². The molecule has 5 heteroatoms. The van der Waals surface area contributed by atoms with Crippen LogP contribution in [0.4, 0.5) is 5.69 Å². The molecule has 0 aromatic heterocycles. The summed E-state index contributed by atoms with van der Waals surface area (Å²) in [5.74, 6) is 0.788. The van der Waals surface area contributed by atoms with Crippen LogP contribution < -0.4 is 10.6 Å². The Labute approximate surface area is 141 Å². The van der Waals surface area contributed by atoms with Crippen molar-refractivity contribution in [3.05, 3.63) is 42.0 Å². The fourth-order valence-electron chi connectivity index (χ4n) is 4.68. The lowest BCUT2D eigenvalue weighted by Crippen LogP contribution is -2.32. The third kappa shape index (κ3) is 2.48. The van der Waals surface area contributed by atoms with E-state index in [2.05, 4.69) is 22.8 Å². The Kier molecular flexibility index (Phi) is 3.59. The Balaban J connectivity index is 1.39. The molecule has 2 saturated carbocycles. The van der Waals surface area contributed by atoms with Crippen LogP contribution in [-0.2, 0) is 4.79 Å². The Hall–Kier alpha value is -2.30. The minimum Gasteiger partial charge on any atom is -0.480 e. The number of carbonyl (C=O) groups is 2. The van der Waals surface area contributed by atoms with Crippen molar-refractivity contribution in [2.45, 2.75) is 19.3 Å². The zero-order valence-corrected chi connectivity index (χ0v) is 13.5. The monoisotopic (exact) mass is 326 g/mol. The fraction of sp³-hybridized carbons (Fsp3) is 0.474. The molecule has 5 nitrogen and oxygen atoms in total. The highest BCUT2D eigenvalue weighted by Gasteiger charge is 2.62. The second kappa shape index (κ2) is 5.65. The maximum Gasteiger partial charge on any atom is 0.322 e. The van der Waals surface area contributed by atoms with Crippen LogP contribution in [-0.4, -0.2) is 30.1 Å². The van der Waals surface area contributed by atoms with Crippen molar-refractivity contribution >= 4 is 17.6 Å². The molecular weight excluding hydrogens is 304 g/mol. The van der Waals surface area contributed by atoms with Gasteiger partial charge in [0.05, 0.1) is 5.56 Å². The lowest BCUT2D eigenvalue weighted by molar-refractivity contribution is -0.134. The van der Waals surface area contributed by atoms with Gasteiger partial charge in [0.25, 0.3) is 5.91 Å². The zero-order valence-electron chi connectivity index (χ0n) is 13.5. The highest BCUT2D eigenvalue weighted by atomic mass is 16.4. The number of para-hydroxylation sites is 1. The van der Waals surface area contributed by atoms with Gasteiger partial charge in [-0.05, 0) is 54.6 Å². The van der Waals surface area contributed by atoms with Crippen molar-refractivity contribution in [2.24, 2.45) is 23.2 Å². The van der Waals surface area contributed by atoms with E-state index in [-0.39, 0.29) is 12.5 Å². The van der Waals surface area contributed by atoms with Gasteiger partial charge in [0, 0.05) is 12.2 Å². The van der Waals surface area contributed by atoms with Gasteiger partial charge in [-0.3, -0.25) is 9.59 Å². The Morgan fingerprint density at radius 3 is 2.71 bits per heavy atom. The largest absolute Gasteiger partial charge is 0.480 e. The molecule has 3 atom stereocenters. The van der Waals surface area contributed by atoms with E-state index in [0.29, 0.717) is 41.0 Å². The highest BCUT2D eigenvalue weighted by molar-refractivity contribution is 5.99. The molecule has 0 radical (unpaired) electrons.